The number of sulfonamides is 1. The zero-order chi connectivity index (χ0) is 27.0. The van der Waals surface area contributed by atoms with Crippen LogP contribution in [0.2, 0.25) is 5.02 Å². The van der Waals surface area contributed by atoms with E-state index in [1.165, 1.54) is 4.90 Å². The molecule has 0 aliphatic rings. The fourth-order valence-electron chi connectivity index (χ4n) is 3.96. The molecule has 9 heteroatoms. The van der Waals surface area contributed by atoms with Gasteiger partial charge in [0.2, 0.25) is 21.8 Å². The highest BCUT2D eigenvalue weighted by molar-refractivity contribution is 7.92. The van der Waals surface area contributed by atoms with Crippen molar-refractivity contribution in [1.82, 2.24) is 10.2 Å². The quantitative estimate of drug-likeness (QED) is 0.394. The number of nitrogens with zero attached hydrogens (tertiary/aromatic N) is 2. The lowest BCUT2D eigenvalue weighted by atomic mass is 10.0. The third kappa shape index (κ3) is 8.06. The number of halogens is 1. The van der Waals surface area contributed by atoms with E-state index in [0.29, 0.717) is 17.3 Å². The van der Waals surface area contributed by atoms with E-state index < -0.39 is 28.5 Å². The number of benzene rings is 3. The lowest BCUT2D eigenvalue weighted by Gasteiger charge is -2.33. The third-order valence-electron chi connectivity index (χ3n) is 5.89. The Labute approximate surface area is 224 Å². The summed E-state index contributed by atoms with van der Waals surface area (Å²) >= 11 is 6.05. The van der Waals surface area contributed by atoms with E-state index >= 15 is 0 Å². The highest BCUT2D eigenvalue weighted by Crippen LogP contribution is 2.21. The molecule has 0 aromatic heterocycles. The van der Waals surface area contributed by atoms with E-state index in [9.17, 15) is 18.0 Å². The Bertz CT molecular complexity index is 1300. The second-order valence-electron chi connectivity index (χ2n) is 8.85. The van der Waals surface area contributed by atoms with Gasteiger partial charge < -0.3 is 10.2 Å². The molecule has 0 spiro atoms. The Morgan fingerprint density at radius 3 is 2.11 bits per heavy atom. The van der Waals surface area contributed by atoms with E-state index in [0.717, 1.165) is 27.3 Å². The minimum absolute atomic E-state index is 0.107. The molecule has 0 aliphatic carbocycles. The molecular formula is C28H32ClN3O4S. The number of anilines is 1. The van der Waals surface area contributed by atoms with Gasteiger partial charge in [0.1, 0.15) is 12.6 Å². The van der Waals surface area contributed by atoms with Crippen molar-refractivity contribution in [3.8, 4) is 0 Å². The maximum Gasteiger partial charge on any atom is 0.244 e. The Hall–Kier alpha value is -3.36. The largest absolute Gasteiger partial charge is 0.355 e. The minimum atomic E-state index is -3.79. The van der Waals surface area contributed by atoms with Crippen molar-refractivity contribution in [2.45, 2.75) is 32.9 Å². The van der Waals surface area contributed by atoms with Crippen LogP contribution in [0.25, 0.3) is 0 Å². The van der Waals surface area contributed by atoms with Crippen molar-refractivity contribution >= 4 is 39.1 Å². The predicted molar refractivity (Wildman–Crippen MR) is 148 cm³/mol. The standard InChI is InChI=1S/C28H32ClN3O4S/c1-4-30-28(34)26(18-22-8-6-5-7-9-22)31(19-23-12-14-24(29)15-13-23)27(33)20-32(37(3,35)36)25-16-10-21(2)11-17-25/h5-17,26H,4,18-20H2,1-3H3,(H,30,34)/t26-/m1/s1. The topological polar surface area (TPSA) is 86.8 Å². The number of likely N-dealkylation sites (N-methyl/N-ethyl adjacent to an activating group) is 1. The van der Waals surface area contributed by atoms with Gasteiger partial charge in [0.25, 0.3) is 0 Å². The zero-order valence-corrected chi connectivity index (χ0v) is 22.8. The van der Waals surface area contributed by atoms with E-state index in [2.05, 4.69) is 5.32 Å². The smallest absolute Gasteiger partial charge is 0.244 e. The van der Waals surface area contributed by atoms with Crippen molar-refractivity contribution in [2.24, 2.45) is 0 Å². The first kappa shape index (κ1) is 28.2. The fourth-order valence-corrected chi connectivity index (χ4v) is 4.93. The molecule has 1 atom stereocenters. The molecule has 3 aromatic rings. The first-order chi connectivity index (χ1) is 17.6. The lowest BCUT2D eigenvalue weighted by molar-refractivity contribution is -0.140. The normalized spacial score (nSPS) is 12.0. The molecule has 0 radical (unpaired) electrons. The van der Waals surface area contributed by atoms with Crippen LogP contribution in [0.15, 0.2) is 78.9 Å². The second-order valence-corrected chi connectivity index (χ2v) is 11.2. The molecule has 0 fully saturated rings. The van der Waals surface area contributed by atoms with Gasteiger partial charge in [0.05, 0.1) is 11.9 Å². The molecule has 3 rings (SSSR count). The van der Waals surface area contributed by atoms with Gasteiger partial charge in [-0.3, -0.25) is 13.9 Å². The molecule has 0 bridgehead atoms. The molecule has 0 unspecified atom stereocenters. The van der Waals surface area contributed by atoms with Gasteiger partial charge in [0, 0.05) is 24.5 Å². The van der Waals surface area contributed by atoms with Crippen molar-refractivity contribution < 1.29 is 18.0 Å². The van der Waals surface area contributed by atoms with Crippen molar-refractivity contribution in [1.29, 1.82) is 0 Å². The van der Waals surface area contributed by atoms with E-state index in [1.807, 2.05) is 44.2 Å². The summed E-state index contributed by atoms with van der Waals surface area (Å²) in [6.45, 7) is 3.77. The first-order valence-electron chi connectivity index (χ1n) is 12.0. The van der Waals surface area contributed by atoms with E-state index in [1.54, 1.807) is 48.5 Å². The Balaban J connectivity index is 2.02. The van der Waals surface area contributed by atoms with Crippen LogP contribution in [0.4, 0.5) is 5.69 Å². The highest BCUT2D eigenvalue weighted by atomic mass is 35.5. The lowest BCUT2D eigenvalue weighted by Crippen LogP contribution is -2.53. The van der Waals surface area contributed by atoms with Gasteiger partial charge >= 0.3 is 0 Å². The van der Waals surface area contributed by atoms with Crippen molar-refractivity contribution in [2.75, 3.05) is 23.7 Å². The Morgan fingerprint density at radius 2 is 1.54 bits per heavy atom. The summed E-state index contributed by atoms with van der Waals surface area (Å²) in [5.41, 5.74) is 2.99. The third-order valence-corrected chi connectivity index (χ3v) is 7.28. The average Bonchev–Trinajstić information content (AvgIpc) is 2.86. The van der Waals surface area contributed by atoms with Crippen LogP contribution in [0, 0.1) is 6.92 Å². The first-order valence-corrected chi connectivity index (χ1v) is 14.2. The number of nitrogens with one attached hydrogen (secondary N) is 1. The monoisotopic (exact) mass is 541 g/mol. The van der Waals surface area contributed by atoms with Gasteiger partial charge in [0.15, 0.2) is 0 Å². The van der Waals surface area contributed by atoms with E-state index in [4.69, 9.17) is 11.6 Å². The van der Waals surface area contributed by atoms with E-state index in [-0.39, 0.29) is 18.9 Å². The van der Waals surface area contributed by atoms with Crippen LogP contribution < -0.4 is 9.62 Å². The summed E-state index contributed by atoms with van der Waals surface area (Å²) in [7, 11) is -3.79. The summed E-state index contributed by atoms with van der Waals surface area (Å²) in [4.78, 5) is 28.6. The fraction of sp³-hybridized carbons (Fsp3) is 0.286. The second kappa shape index (κ2) is 12.7. The zero-order valence-electron chi connectivity index (χ0n) is 21.2. The number of amides is 2. The van der Waals surface area contributed by atoms with Crippen molar-refractivity contribution in [3.63, 3.8) is 0 Å². The SMILES string of the molecule is CCNC(=O)[C@@H](Cc1ccccc1)N(Cc1ccc(Cl)cc1)C(=O)CN(c1ccc(C)cc1)S(C)(=O)=O. The van der Waals surface area contributed by atoms with Crippen LogP contribution in [-0.4, -0.2) is 50.5 Å². The molecule has 7 nitrogen and oxygen atoms in total. The van der Waals surface area contributed by atoms with Crippen LogP contribution in [0.3, 0.4) is 0 Å². The molecule has 0 saturated carbocycles. The van der Waals surface area contributed by atoms with Gasteiger partial charge in [-0.15, -0.1) is 0 Å². The number of aryl methyl sites for hydroxylation is 1. The summed E-state index contributed by atoms with van der Waals surface area (Å²) in [5.74, 6) is -0.803. The summed E-state index contributed by atoms with van der Waals surface area (Å²) < 4.78 is 26.5. The van der Waals surface area contributed by atoms with Crippen LogP contribution in [0.5, 0.6) is 0 Å². The molecule has 196 valence electrons. The maximum atomic E-state index is 13.9. The summed E-state index contributed by atoms with van der Waals surface area (Å²) in [6.07, 6.45) is 1.34. The van der Waals surface area contributed by atoms with Crippen LogP contribution >= 0.6 is 11.6 Å². The van der Waals surface area contributed by atoms with Gasteiger partial charge in [-0.2, -0.15) is 0 Å². The maximum absolute atomic E-state index is 13.9. The highest BCUT2D eigenvalue weighted by Gasteiger charge is 2.32. The van der Waals surface area contributed by atoms with Gasteiger partial charge in [-0.05, 0) is 49.2 Å². The number of hydrogen-bond donors (Lipinski definition) is 1. The van der Waals surface area contributed by atoms with Crippen LogP contribution in [-0.2, 0) is 32.6 Å². The molecule has 1 N–H and O–H groups in total. The molecule has 0 heterocycles. The predicted octanol–water partition coefficient (Wildman–Crippen LogP) is 4.19. The molecule has 3 aromatic carbocycles. The van der Waals surface area contributed by atoms with Gasteiger partial charge in [-0.1, -0.05) is 71.8 Å². The molecular weight excluding hydrogens is 510 g/mol. The number of hydrogen-bond acceptors (Lipinski definition) is 4. The molecule has 0 aliphatic heterocycles. The molecule has 2 amide bonds. The van der Waals surface area contributed by atoms with Crippen molar-refractivity contribution in [3.05, 3.63) is 101 Å². The number of rotatable bonds is 11. The minimum Gasteiger partial charge on any atom is -0.355 e. The summed E-state index contributed by atoms with van der Waals surface area (Å²) in [5, 5.41) is 3.38. The average molecular weight is 542 g/mol. The summed E-state index contributed by atoms with van der Waals surface area (Å²) in [6, 6.07) is 22.5. The number of carbonyl (C=O) groups excluding carboxylic acids is 2. The Morgan fingerprint density at radius 1 is 0.919 bits per heavy atom. The van der Waals surface area contributed by atoms with Crippen LogP contribution in [0.1, 0.15) is 23.6 Å². The molecule has 0 saturated heterocycles. The van der Waals surface area contributed by atoms with Gasteiger partial charge in [-0.25, -0.2) is 8.42 Å². The number of carbonyl (C=O) groups is 2. The Kier molecular flexibility index (Phi) is 9.72. The molecule has 37 heavy (non-hydrogen) atoms.